The summed E-state index contributed by atoms with van der Waals surface area (Å²) in [7, 11) is 0. The highest BCUT2D eigenvalue weighted by molar-refractivity contribution is 5.53. The Hall–Kier alpha value is -1.09. The number of hydrogen-bond acceptors (Lipinski definition) is 3. The van der Waals surface area contributed by atoms with E-state index in [2.05, 4.69) is 48.2 Å². The summed E-state index contributed by atoms with van der Waals surface area (Å²) in [5.41, 5.74) is 3.87. The minimum atomic E-state index is 0.690. The first-order valence-corrected chi connectivity index (χ1v) is 8.08. The van der Waals surface area contributed by atoms with Crippen LogP contribution in [0.3, 0.4) is 0 Å². The van der Waals surface area contributed by atoms with Crippen molar-refractivity contribution in [1.29, 1.82) is 0 Å². The fourth-order valence-corrected chi connectivity index (χ4v) is 2.81. The molecule has 3 heteroatoms. The van der Waals surface area contributed by atoms with Crippen LogP contribution in [0.1, 0.15) is 50.8 Å². The molecular formula is C17H29N3. The molecule has 0 aliphatic carbocycles. The molecule has 2 rings (SSSR count). The zero-order valence-corrected chi connectivity index (χ0v) is 13.3. The molecule has 0 amide bonds. The third-order valence-corrected chi connectivity index (χ3v) is 3.91. The maximum Gasteiger partial charge on any atom is 0.0445 e. The van der Waals surface area contributed by atoms with Gasteiger partial charge >= 0.3 is 0 Å². The summed E-state index contributed by atoms with van der Waals surface area (Å²) in [6, 6.07) is 2.26. The monoisotopic (exact) mass is 275 g/mol. The molecule has 0 aromatic carbocycles. The van der Waals surface area contributed by atoms with E-state index in [-0.39, 0.29) is 0 Å². The van der Waals surface area contributed by atoms with Gasteiger partial charge in [0.15, 0.2) is 0 Å². The standard InChI is InChI=1S/C17H29N3/c1-14(2)11-18-12-16-13-19-15(3)10-17(16)20-8-6-4-5-7-9-20/h10,13-14,18H,4-9,11-12H2,1-3H3. The van der Waals surface area contributed by atoms with Gasteiger partial charge in [0.1, 0.15) is 0 Å². The Morgan fingerprint density at radius 1 is 1.20 bits per heavy atom. The lowest BCUT2D eigenvalue weighted by Gasteiger charge is -2.26. The third kappa shape index (κ3) is 4.48. The van der Waals surface area contributed by atoms with Gasteiger partial charge in [0.25, 0.3) is 0 Å². The van der Waals surface area contributed by atoms with Crippen molar-refractivity contribution in [2.45, 2.75) is 53.0 Å². The second-order valence-electron chi connectivity index (χ2n) is 6.38. The highest BCUT2D eigenvalue weighted by Crippen LogP contribution is 2.24. The van der Waals surface area contributed by atoms with Crippen LogP contribution in [0, 0.1) is 12.8 Å². The molecule has 1 aliphatic heterocycles. The highest BCUT2D eigenvalue weighted by atomic mass is 15.1. The Balaban J connectivity index is 2.09. The van der Waals surface area contributed by atoms with Crippen molar-refractivity contribution in [2.75, 3.05) is 24.5 Å². The molecule has 0 unspecified atom stereocenters. The lowest BCUT2D eigenvalue weighted by Crippen LogP contribution is -2.27. The molecule has 1 N–H and O–H groups in total. The average molecular weight is 275 g/mol. The smallest absolute Gasteiger partial charge is 0.0445 e. The van der Waals surface area contributed by atoms with E-state index in [1.54, 1.807) is 0 Å². The van der Waals surface area contributed by atoms with E-state index in [1.807, 2.05) is 0 Å². The second kappa shape index (κ2) is 7.63. The topological polar surface area (TPSA) is 28.2 Å². The molecule has 0 radical (unpaired) electrons. The van der Waals surface area contributed by atoms with Crippen molar-refractivity contribution in [3.8, 4) is 0 Å². The van der Waals surface area contributed by atoms with E-state index in [0.29, 0.717) is 5.92 Å². The second-order valence-corrected chi connectivity index (χ2v) is 6.38. The molecule has 0 spiro atoms. The van der Waals surface area contributed by atoms with Crippen molar-refractivity contribution in [3.05, 3.63) is 23.5 Å². The number of anilines is 1. The fraction of sp³-hybridized carbons (Fsp3) is 0.706. The van der Waals surface area contributed by atoms with Gasteiger partial charge in [0.2, 0.25) is 0 Å². The SMILES string of the molecule is Cc1cc(N2CCCCCC2)c(CNCC(C)C)cn1. The zero-order chi connectivity index (χ0) is 14.4. The van der Waals surface area contributed by atoms with Crippen molar-refractivity contribution < 1.29 is 0 Å². The first-order chi connectivity index (χ1) is 9.66. The van der Waals surface area contributed by atoms with Gasteiger partial charge in [-0.3, -0.25) is 4.98 Å². The minimum absolute atomic E-state index is 0.690. The van der Waals surface area contributed by atoms with E-state index in [9.17, 15) is 0 Å². The molecule has 1 aromatic rings. The normalized spacial score (nSPS) is 16.5. The number of hydrogen-bond donors (Lipinski definition) is 1. The molecule has 1 saturated heterocycles. The van der Waals surface area contributed by atoms with Crippen LogP contribution >= 0.6 is 0 Å². The van der Waals surface area contributed by atoms with Crippen LogP contribution in [0.5, 0.6) is 0 Å². The summed E-state index contributed by atoms with van der Waals surface area (Å²) < 4.78 is 0. The van der Waals surface area contributed by atoms with Gasteiger partial charge in [-0.05, 0) is 38.3 Å². The van der Waals surface area contributed by atoms with Crippen molar-refractivity contribution >= 4 is 5.69 Å². The van der Waals surface area contributed by atoms with Gasteiger partial charge in [0.05, 0.1) is 0 Å². The Morgan fingerprint density at radius 3 is 2.55 bits per heavy atom. The predicted octanol–water partition coefficient (Wildman–Crippen LogP) is 3.52. The summed E-state index contributed by atoms with van der Waals surface area (Å²) in [4.78, 5) is 7.05. The molecule has 1 fully saturated rings. The van der Waals surface area contributed by atoms with Gasteiger partial charge in [-0.2, -0.15) is 0 Å². The maximum absolute atomic E-state index is 4.49. The van der Waals surface area contributed by atoms with Gasteiger partial charge < -0.3 is 10.2 Å². The molecule has 112 valence electrons. The molecule has 2 heterocycles. The Bertz CT molecular complexity index is 407. The Morgan fingerprint density at radius 2 is 1.90 bits per heavy atom. The van der Waals surface area contributed by atoms with Crippen LogP contribution in [0.25, 0.3) is 0 Å². The quantitative estimate of drug-likeness (QED) is 0.891. The molecule has 20 heavy (non-hydrogen) atoms. The van der Waals surface area contributed by atoms with Crippen LogP contribution in [-0.4, -0.2) is 24.6 Å². The first kappa shape index (κ1) is 15.3. The van der Waals surface area contributed by atoms with E-state index in [1.165, 1.54) is 50.0 Å². The van der Waals surface area contributed by atoms with E-state index in [0.717, 1.165) is 18.8 Å². The Labute approximate surface area is 123 Å². The summed E-state index contributed by atoms with van der Waals surface area (Å²) in [6.07, 6.45) is 7.45. The van der Waals surface area contributed by atoms with Gasteiger partial charge in [0, 0.05) is 42.8 Å². The van der Waals surface area contributed by atoms with Crippen molar-refractivity contribution in [2.24, 2.45) is 5.92 Å². The number of aryl methyl sites for hydroxylation is 1. The number of pyridine rings is 1. The summed E-state index contributed by atoms with van der Waals surface area (Å²) in [5, 5.41) is 3.55. The maximum atomic E-state index is 4.49. The molecule has 0 bridgehead atoms. The van der Waals surface area contributed by atoms with E-state index >= 15 is 0 Å². The predicted molar refractivity (Wildman–Crippen MR) is 86.2 cm³/mol. The van der Waals surface area contributed by atoms with E-state index < -0.39 is 0 Å². The van der Waals surface area contributed by atoms with Gasteiger partial charge in [-0.25, -0.2) is 0 Å². The molecule has 0 saturated carbocycles. The first-order valence-electron chi connectivity index (χ1n) is 8.08. The summed E-state index contributed by atoms with van der Waals surface area (Å²) in [5.74, 6) is 0.690. The molecule has 3 nitrogen and oxygen atoms in total. The minimum Gasteiger partial charge on any atom is -0.371 e. The van der Waals surface area contributed by atoms with Gasteiger partial charge in [-0.15, -0.1) is 0 Å². The number of nitrogens with zero attached hydrogens (tertiary/aromatic N) is 2. The van der Waals surface area contributed by atoms with E-state index in [4.69, 9.17) is 0 Å². The van der Waals surface area contributed by atoms with Crippen molar-refractivity contribution in [1.82, 2.24) is 10.3 Å². The fourth-order valence-electron chi connectivity index (χ4n) is 2.81. The lowest BCUT2D eigenvalue weighted by molar-refractivity contribution is 0.551. The average Bonchev–Trinajstić information content (AvgIpc) is 2.69. The number of rotatable bonds is 5. The van der Waals surface area contributed by atoms with Crippen molar-refractivity contribution in [3.63, 3.8) is 0 Å². The van der Waals surface area contributed by atoms with Crippen LogP contribution in [-0.2, 0) is 6.54 Å². The molecular weight excluding hydrogens is 246 g/mol. The summed E-state index contributed by atoms with van der Waals surface area (Å²) in [6.45, 7) is 11.0. The number of nitrogens with one attached hydrogen (secondary N) is 1. The van der Waals surface area contributed by atoms with Crippen LogP contribution < -0.4 is 10.2 Å². The third-order valence-electron chi connectivity index (χ3n) is 3.91. The molecule has 0 atom stereocenters. The highest BCUT2D eigenvalue weighted by Gasteiger charge is 2.14. The Kier molecular flexibility index (Phi) is 5.84. The molecule has 1 aliphatic rings. The zero-order valence-electron chi connectivity index (χ0n) is 13.3. The molecule has 1 aromatic heterocycles. The lowest BCUT2D eigenvalue weighted by atomic mass is 10.1. The van der Waals surface area contributed by atoms with Crippen LogP contribution in [0.2, 0.25) is 0 Å². The van der Waals surface area contributed by atoms with Gasteiger partial charge in [-0.1, -0.05) is 26.7 Å². The largest absolute Gasteiger partial charge is 0.371 e. The van der Waals surface area contributed by atoms with Crippen LogP contribution in [0.15, 0.2) is 12.3 Å². The van der Waals surface area contributed by atoms with Crippen LogP contribution in [0.4, 0.5) is 5.69 Å². The number of aromatic nitrogens is 1. The summed E-state index contributed by atoms with van der Waals surface area (Å²) >= 11 is 0.